The largest absolute Gasteiger partial charge is 0.454 e. The number of ether oxygens (including phenoxy) is 3. The van der Waals surface area contributed by atoms with Crippen LogP contribution in [-0.2, 0) is 27.5 Å². The molecule has 9 nitrogen and oxygen atoms in total. The predicted molar refractivity (Wildman–Crippen MR) is 119 cm³/mol. The number of hydrogen-bond donors (Lipinski definition) is 1. The van der Waals surface area contributed by atoms with Crippen molar-refractivity contribution in [3.63, 3.8) is 0 Å². The van der Waals surface area contributed by atoms with Crippen molar-refractivity contribution < 1.29 is 19.0 Å². The molecule has 1 aliphatic rings. The number of carbonyl (C=O) groups is 1. The first kappa shape index (κ1) is 22.7. The van der Waals surface area contributed by atoms with E-state index in [-0.39, 0.29) is 19.8 Å². The van der Waals surface area contributed by atoms with E-state index in [1.807, 2.05) is 30.3 Å². The van der Waals surface area contributed by atoms with Gasteiger partial charge in [-0.15, -0.1) is 0 Å². The minimum absolute atomic E-state index is 0.169. The fraction of sp³-hybridized carbons (Fsp3) is 0.292. The summed E-state index contributed by atoms with van der Waals surface area (Å²) in [5.41, 5.74) is 6.65. The van der Waals surface area contributed by atoms with Crippen molar-refractivity contribution in [2.75, 3.05) is 0 Å². The van der Waals surface area contributed by atoms with E-state index >= 15 is 0 Å². The van der Waals surface area contributed by atoms with Gasteiger partial charge in [-0.25, -0.2) is 14.2 Å². The first-order valence-corrected chi connectivity index (χ1v) is 10.6. The Labute approximate surface area is 189 Å². The number of carbonyl (C=O) groups excluding carboxylic acids is 1. The first-order chi connectivity index (χ1) is 15.9. The highest BCUT2D eigenvalue weighted by atomic mass is 16.6. The molecule has 33 heavy (non-hydrogen) atoms. The molecule has 3 atom stereocenters. The van der Waals surface area contributed by atoms with Crippen LogP contribution in [0.15, 0.2) is 76.4 Å². The monoisotopic (exact) mass is 451 g/mol. The molecule has 2 N–H and O–H groups in total. The maximum atomic E-state index is 13.0. The molecule has 0 aliphatic carbocycles. The maximum absolute atomic E-state index is 13.0. The van der Waals surface area contributed by atoms with E-state index in [4.69, 9.17) is 19.9 Å². The van der Waals surface area contributed by atoms with Crippen molar-refractivity contribution in [3.8, 4) is 0 Å². The minimum Gasteiger partial charge on any atom is -0.454 e. The van der Waals surface area contributed by atoms with E-state index in [0.29, 0.717) is 11.1 Å². The molecule has 0 bridgehead atoms. The van der Waals surface area contributed by atoms with E-state index in [2.05, 4.69) is 0 Å². The summed E-state index contributed by atoms with van der Waals surface area (Å²) in [7, 11) is 0. The van der Waals surface area contributed by atoms with E-state index in [1.165, 1.54) is 10.8 Å². The normalized spacial score (nSPS) is 20.0. The van der Waals surface area contributed by atoms with Crippen LogP contribution >= 0.6 is 0 Å². The molecule has 0 spiro atoms. The zero-order valence-corrected chi connectivity index (χ0v) is 18.1. The zero-order chi connectivity index (χ0) is 23.4. The Morgan fingerprint density at radius 1 is 1.09 bits per heavy atom. The van der Waals surface area contributed by atoms with Gasteiger partial charge in [-0.05, 0) is 24.6 Å². The first-order valence-electron chi connectivity index (χ1n) is 10.6. The van der Waals surface area contributed by atoms with Gasteiger partial charge < -0.3 is 19.9 Å². The molecule has 1 saturated heterocycles. The standard InChI is InChI=1S/C24H25N3O6/c1-16-13-26(24(30)27(22(16)28)15-31-14-17-8-4-2-5-9-17)20-12-19(21(25)33-20)32-23(29)18-10-6-3-7-11-18/h2-11,13,19-21H,12,14-15,25H2,1H3/t19-,20+,21-/m0/s1. The molecular weight excluding hydrogens is 426 g/mol. The van der Waals surface area contributed by atoms with Crippen molar-refractivity contribution in [2.24, 2.45) is 5.73 Å². The molecule has 1 aliphatic heterocycles. The number of nitrogens with zero attached hydrogens (tertiary/aromatic N) is 2. The average molecular weight is 451 g/mol. The van der Waals surface area contributed by atoms with Crippen molar-refractivity contribution >= 4 is 5.97 Å². The highest BCUT2D eigenvalue weighted by Crippen LogP contribution is 2.28. The number of rotatable bonds is 7. The number of aryl methyl sites for hydroxylation is 1. The van der Waals surface area contributed by atoms with Gasteiger partial charge in [0.2, 0.25) is 0 Å². The summed E-state index contributed by atoms with van der Waals surface area (Å²) in [4.78, 5) is 38.0. The molecule has 0 amide bonds. The number of benzene rings is 2. The van der Waals surface area contributed by atoms with Gasteiger partial charge in [-0.1, -0.05) is 48.5 Å². The second-order valence-electron chi connectivity index (χ2n) is 7.80. The molecule has 3 aromatic rings. The predicted octanol–water partition coefficient (Wildman–Crippen LogP) is 1.92. The Bertz CT molecular complexity index is 1220. The third-order valence-corrected chi connectivity index (χ3v) is 5.39. The highest BCUT2D eigenvalue weighted by molar-refractivity contribution is 5.89. The fourth-order valence-corrected chi connectivity index (χ4v) is 3.64. The van der Waals surface area contributed by atoms with E-state index in [0.717, 1.165) is 10.1 Å². The second kappa shape index (κ2) is 9.95. The van der Waals surface area contributed by atoms with Crippen molar-refractivity contribution in [2.45, 2.75) is 45.2 Å². The van der Waals surface area contributed by atoms with Crippen molar-refractivity contribution in [3.05, 3.63) is 104 Å². The topological polar surface area (TPSA) is 115 Å². The fourth-order valence-electron chi connectivity index (χ4n) is 3.64. The van der Waals surface area contributed by atoms with Crippen LogP contribution in [-0.4, -0.2) is 27.4 Å². The number of hydrogen-bond acceptors (Lipinski definition) is 7. The van der Waals surface area contributed by atoms with Crippen molar-refractivity contribution in [1.82, 2.24) is 9.13 Å². The van der Waals surface area contributed by atoms with Crippen LogP contribution in [0.4, 0.5) is 0 Å². The molecule has 1 fully saturated rings. The van der Waals surface area contributed by atoms with E-state index in [9.17, 15) is 14.4 Å². The van der Waals surface area contributed by atoms with E-state index < -0.39 is 35.8 Å². The summed E-state index contributed by atoms with van der Waals surface area (Å²) in [6, 6.07) is 18.0. The summed E-state index contributed by atoms with van der Waals surface area (Å²) in [6.45, 7) is 1.65. The van der Waals surface area contributed by atoms with Gasteiger partial charge in [0.25, 0.3) is 5.56 Å². The van der Waals surface area contributed by atoms with Crippen LogP contribution in [0.5, 0.6) is 0 Å². The van der Waals surface area contributed by atoms with Gasteiger partial charge in [0, 0.05) is 18.2 Å². The smallest absolute Gasteiger partial charge is 0.338 e. The SMILES string of the molecule is Cc1cn([C@H]2C[C@H](OC(=O)c3ccccc3)[C@@H](N)O2)c(=O)n(COCc2ccccc2)c1=O. The summed E-state index contributed by atoms with van der Waals surface area (Å²) < 4.78 is 19.1. The van der Waals surface area contributed by atoms with E-state index in [1.54, 1.807) is 37.3 Å². The molecule has 2 aromatic carbocycles. The van der Waals surface area contributed by atoms with Gasteiger partial charge >= 0.3 is 11.7 Å². The summed E-state index contributed by atoms with van der Waals surface area (Å²) in [5, 5.41) is 0. The van der Waals surface area contributed by atoms with Gasteiger partial charge in [-0.3, -0.25) is 9.36 Å². The lowest BCUT2D eigenvalue weighted by Crippen LogP contribution is -2.42. The quantitative estimate of drug-likeness (QED) is 0.546. The molecule has 4 rings (SSSR count). The van der Waals surface area contributed by atoms with Crippen LogP contribution in [0.25, 0.3) is 0 Å². The van der Waals surface area contributed by atoms with Crippen LogP contribution in [0.3, 0.4) is 0 Å². The Hall–Kier alpha value is -3.53. The Balaban J connectivity index is 1.48. The maximum Gasteiger partial charge on any atom is 0.338 e. The summed E-state index contributed by atoms with van der Waals surface area (Å²) >= 11 is 0. The van der Waals surface area contributed by atoms with Crippen LogP contribution in [0, 0.1) is 6.92 Å². The molecule has 0 radical (unpaired) electrons. The molecule has 0 saturated carbocycles. The number of aromatic nitrogens is 2. The summed E-state index contributed by atoms with van der Waals surface area (Å²) in [5.74, 6) is -0.525. The third-order valence-electron chi connectivity index (χ3n) is 5.39. The molecule has 1 aromatic heterocycles. The highest BCUT2D eigenvalue weighted by Gasteiger charge is 2.37. The van der Waals surface area contributed by atoms with Crippen LogP contribution in [0.1, 0.15) is 34.1 Å². The molecular formula is C24H25N3O6. The zero-order valence-electron chi connectivity index (χ0n) is 18.1. The molecule has 0 unspecified atom stereocenters. The van der Waals surface area contributed by atoms with Gasteiger partial charge in [0.15, 0.2) is 0 Å². The number of esters is 1. The van der Waals surface area contributed by atoms with Crippen LogP contribution < -0.4 is 17.0 Å². The van der Waals surface area contributed by atoms with Gasteiger partial charge in [0.05, 0.1) is 12.2 Å². The van der Waals surface area contributed by atoms with Gasteiger partial charge in [0.1, 0.15) is 25.3 Å². The van der Waals surface area contributed by atoms with Crippen LogP contribution in [0.2, 0.25) is 0 Å². The molecule has 9 heteroatoms. The van der Waals surface area contributed by atoms with Crippen molar-refractivity contribution in [1.29, 1.82) is 0 Å². The third kappa shape index (κ3) is 5.11. The second-order valence-corrected chi connectivity index (χ2v) is 7.80. The Kier molecular flexibility index (Phi) is 6.83. The average Bonchev–Trinajstić information content (AvgIpc) is 3.19. The lowest BCUT2D eigenvalue weighted by molar-refractivity contribution is -0.0280. The molecule has 172 valence electrons. The number of nitrogens with two attached hydrogens (primary N) is 1. The Morgan fingerprint density at radius 3 is 2.45 bits per heavy atom. The lowest BCUT2D eigenvalue weighted by atomic mass is 10.2. The lowest BCUT2D eigenvalue weighted by Gasteiger charge is -2.17. The minimum atomic E-state index is -0.912. The van der Waals surface area contributed by atoms with Gasteiger partial charge in [-0.2, -0.15) is 0 Å². The summed E-state index contributed by atoms with van der Waals surface area (Å²) in [6.07, 6.45) is -0.853. The molecule has 2 heterocycles. The Morgan fingerprint density at radius 2 is 1.76 bits per heavy atom.